The predicted molar refractivity (Wildman–Crippen MR) is 86.5 cm³/mol. The lowest BCUT2D eigenvalue weighted by molar-refractivity contribution is 0.440. The van der Waals surface area contributed by atoms with Gasteiger partial charge in [-0.2, -0.15) is 0 Å². The third-order valence-electron chi connectivity index (χ3n) is 3.55. The molecule has 2 N–H and O–H groups in total. The van der Waals surface area contributed by atoms with E-state index in [4.69, 9.17) is 0 Å². The molecule has 1 heterocycles. The Morgan fingerprint density at radius 1 is 1.19 bits per heavy atom. The van der Waals surface area contributed by atoms with Crippen LogP contribution < -0.4 is 10.2 Å². The lowest BCUT2D eigenvalue weighted by Crippen LogP contribution is -2.22. The molecule has 2 aromatic rings. The van der Waals surface area contributed by atoms with Gasteiger partial charge in [-0.05, 0) is 18.6 Å². The standard InChI is InChI=1S/C17H23N3O/c1-4-15(14-9-5-6-10-16(14)21)19-12-13-8-7-11-18-17(13)20(2)3/h5-11,15,19,21H,4,12H2,1-3H3. The first-order valence-corrected chi connectivity index (χ1v) is 7.26. The molecule has 4 heteroatoms. The molecule has 0 bridgehead atoms. The highest BCUT2D eigenvalue weighted by atomic mass is 16.3. The fourth-order valence-electron chi connectivity index (χ4n) is 2.46. The monoisotopic (exact) mass is 285 g/mol. The van der Waals surface area contributed by atoms with Crippen LogP contribution in [0.2, 0.25) is 0 Å². The van der Waals surface area contributed by atoms with E-state index in [-0.39, 0.29) is 6.04 Å². The van der Waals surface area contributed by atoms with Crippen molar-refractivity contribution in [1.82, 2.24) is 10.3 Å². The molecule has 0 fully saturated rings. The van der Waals surface area contributed by atoms with Crippen molar-refractivity contribution < 1.29 is 5.11 Å². The van der Waals surface area contributed by atoms with Gasteiger partial charge in [-0.25, -0.2) is 4.98 Å². The van der Waals surface area contributed by atoms with E-state index in [1.807, 2.05) is 43.3 Å². The quantitative estimate of drug-likeness (QED) is 0.856. The summed E-state index contributed by atoms with van der Waals surface area (Å²) in [7, 11) is 3.98. The van der Waals surface area contributed by atoms with Crippen molar-refractivity contribution in [1.29, 1.82) is 0 Å². The molecule has 4 nitrogen and oxygen atoms in total. The van der Waals surface area contributed by atoms with E-state index >= 15 is 0 Å². The lowest BCUT2D eigenvalue weighted by Gasteiger charge is -2.21. The molecule has 0 amide bonds. The summed E-state index contributed by atoms with van der Waals surface area (Å²) in [6.45, 7) is 2.83. The predicted octanol–water partition coefficient (Wildman–Crippen LogP) is 3.09. The minimum absolute atomic E-state index is 0.126. The lowest BCUT2D eigenvalue weighted by atomic mass is 10.0. The molecule has 112 valence electrons. The van der Waals surface area contributed by atoms with Crippen LogP contribution in [0.15, 0.2) is 42.6 Å². The Morgan fingerprint density at radius 3 is 2.62 bits per heavy atom. The Balaban J connectivity index is 2.13. The SMILES string of the molecule is CCC(NCc1cccnc1N(C)C)c1ccccc1O. The minimum atomic E-state index is 0.126. The normalized spacial score (nSPS) is 12.1. The van der Waals surface area contributed by atoms with Gasteiger partial charge in [0.1, 0.15) is 11.6 Å². The number of hydrogen-bond acceptors (Lipinski definition) is 4. The van der Waals surface area contributed by atoms with E-state index in [2.05, 4.69) is 23.3 Å². The maximum absolute atomic E-state index is 9.99. The molecule has 0 saturated heterocycles. The first kappa shape index (κ1) is 15.3. The van der Waals surface area contributed by atoms with E-state index in [1.54, 1.807) is 12.3 Å². The fraction of sp³-hybridized carbons (Fsp3) is 0.353. The summed E-state index contributed by atoms with van der Waals surface area (Å²) in [5.41, 5.74) is 2.09. The Labute approximate surface area is 126 Å². The van der Waals surface area contributed by atoms with Gasteiger partial charge in [0.05, 0.1) is 0 Å². The van der Waals surface area contributed by atoms with Crippen LogP contribution in [0, 0.1) is 0 Å². The maximum atomic E-state index is 9.99. The number of benzene rings is 1. The average molecular weight is 285 g/mol. The number of anilines is 1. The van der Waals surface area contributed by atoms with Gasteiger partial charge in [-0.15, -0.1) is 0 Å². The van der Waals surface area contributed by atoms with Crippen LogP contribution in [0.3, 0.4) is 0 Å². The van der Waals surface area contributed by atoms with Crippen LogP contribution in [0.1, 0.15) is 30.5 Å². The van der Waals surface area contributed by atoms with Crippen molar-refractivity contribution in [3.05, 3.63) is 53.7 Å². The smallest absolute Gasteiger partial charge is 0.132 e. The summed E-state index contributed by atoms with van der Waals surface area (Å²) >= 11 is 0. The molecular formula is C17H23N3O. The molecule has 0 saturated carbocycles. The number of rotatable bonds is 6. The van der Waals surface area contributed by atoms with Gasteiger partial charge in [0.2, 0.25) is 0 Å². The van der Waals surface area contributed by atoms with E-state index < -0.39 is 0 Å². The zero-order valence-corrected chi connectivity index (χ0v) is 12.9. The Kier molecular flexibility index (Phi) is 5.17. The highest BCUT2D eigenvalue weighted by molar-refractivity contribution is 5.45. The summed E-state index contributed by atoms with van der Waals surface area (Å²) in [4.78, 5) is 6.42. The molecule has 1 aromatic carbocycles. The van der Waals surface area contributed by atoms with E-state index in [1.165, 1.54) is 0 Å². The third kappa shape index (κ3) is 3.73. The summed E-state index contributed by atoms with van der Waals surface area (Å²) in [5, 5.41) is 13.5. The number of nitrogens with one attached hydrogen (secondary N) is 1. The van der Waals surface area contributed by atoms with Crippen LogP contribution in [-0.2, 0) is 6.54 Å². The molecule has 1 unspecified atom stereocenters. The Hall–Kier alpha value is -2.07. The van der Waals surface area contributed by atoms with Gasteiger partial charge in [0.25, 0.3) is 0 Å². The number of hydrogen-bond donors (Lipinski definition) is 2. The van der Waals surface area contributed by atoms with Crippen molar-refractivity contribution in [2.45, 2.75) is 25.9 Å². The minimum Gasteiger partial charge on any atom is -0.508 e. The Morgan fingerprint density at radius 2 is 1.95 bits per heavy atom. The molecule has 0 aliphatic rings. The molecular weight excluding hydrogens is 262 g/mol. The summed E-state index contributed by atoms with van der Waals surface area (Å²) in [6.07, 6.45) is 2.72. The number of para-hydroxylation sites is 1. The second-order valence-electron chi connectivity index (χ2n) is 5.28. The van der Waals surface area contributed by atoms with Crippen LogP contribution in [0.4, 0.5) is 5.82 Å². The van der Waals surface area contributed by atoms with Gasteiger partial charge < -0.3 is 15.3 Å². The summed E-state index contributed by atoms with van der Waals surface area (Å²) in [6, 6.07) is 11.6. The average Bonchev–Trinajstić information content (AvgIpc) is 2.49. The van der Waals surface area contributed by atoms with Crippen molar-refractivity contribution in [3.63, 3.8) is 0 Å². The van der Waals surface area contributed by atoms with Crippen molar-refractivity contribution in [3.8, 4) is 5.75 Å². The zero-order chi connectivity index (χ0) is 15.2. The topological polar surface area (TPSA) is 48.4 Å². The second-order valence-corrected chi connectivity index (χ2v) is 5.28. The van der Waals surface area contributed by atoms with Crippen LogP contribution in [0.5, 0.6) is 5.75 Å². The number of aromatic nitrogens is 1. The molecule has 0 radical (unpaired) electrons. The van der Waals surface area contributed by atoms with Gasteiger partial charge in [-0.1, -0.05) is 31.2 Å². The van der Waals surface area contributed by atoms with E-state index in [0.29, 0.717) is 12.3 Å². The van der Waals surface area contributed by atoms with Crippen LogP contribution >= 0.6 is 0 Å². The van der Waals surface area contributed by atoms with Crippen molar-refractivity contribution in [2.75, 3.05) is 19.0 Å². The van der Waals surface area contributed by atoms with Crippen molar-refractivity contribution >= 4 is 5.82 Å². The van der Waals surface area contributed by atoms with E-state index in [9.17, 15) is 5.11 Å². The number of nitrogens with zero attached hydrogens (tertiary/aromatic N) is 2. The van der Waals surface area contributed by atoms with Gasteiger partial charge in [0.15, 0.2) is 0 Å². The molecule has 0 aliphatic heterocycles. The fourth-order valence-corrected chi connectivity index (χ4v) is 2.46. The molecule has 1 aromatic heterocycles. The van der Waals surface area contributed by atoms with Crippen LogP contribution in [-0.4, -0.2) is 24.2 Å². The van der Waals surface area contributed by atoms with Gasteiger partial charge in [0, 0.05) is 44.0 Å². The van der Waals surface area contributed by atoms with Gasteiger partial charge in [-0.3, -0.25) is 0 Å². The molecule has 0 spiro atoms. The van der Waals surface area contributed by atoms with E-state index in [0.717, 1.165) is 23.4 Å². The largest absolute Gasteiger partial charge is 0.508 e. The first-order chi connectivity index (χ1) is 10.1. The number of aromatic hydroxyl groups is 1. The van der Waals surface area contributed by atoms with Crippen LogP contribution in [0.25, 0.3) is 0 Å². The summed E-state index contributed by atoms with van der Waals surface area (Å²) < 4.78 is 0. The molecule has 0 aliphatic carbocycles. The third-order valence-corrected chi connectivity index (χ3v) is 3.55. The molecule has 21 heavy (non-hydrogen) atoms. The van der Waals surface area contributed by atoms with Crippen molar-refractivity contribution in [2.24, 2.45) is 0 Å². The number of phenolic OH excluding ortho intramolecular Hbond substituents is 1. The van der Waals surface area contributed by atoms with Gasteiger partial charge >= 0.3 is 0 Å². The zero-order valence-electron chi connectivity index (χ0n) is 12.9. The maximum Gasteiger partial charge on any atom is 0.132 e. The highest BCUT2D eigenvalue weighted by Crippen LogP contribution is 2.26. The molecule has 1 atom stereocenters. The number of phenols is 1. The Bertz CT molecular complexity index is 584. The molecule has 2 rings (SSSR count). The second kappa shape index (κ2) is 7.09. The highest BCUT2D eigenvalue weighted by Gasteiger charge is 2.13. The first-order valence-electron chi connectivity index (χ1n) is 7.26. The number of pyridine rings is 1. The summed E-state index contributed by atoms with van der Waals surface area (Å²) in [5.74, 6) is 1.31.